The van der Waals surface area contributed by atoms with Crippen LogP contribution in [0, 0.1) is 0 Å². The first-order valence-corrected chi connectivity index (χ1v) is 8.41. The van der Waals surface area contributed by atoms with Crippen LogP contribution in [-0.2, 0) is 11.2 Å². The lowest BCUT2D eigenvalue weighted by Gasteiger charge is -2.20. The molecule has 6 heteroatoms. The number of halogens is 1. The van der Waals surface area contributed by atoms with Crippen LogP contribution in [0.5, 0.6) is 5.75 Å². The van der Waals surface area contributed by atoms with Crippen molar-refractivity contribution in [3.05, 3.63) is 58.6 Å². The molecule has 1 aliphatic heterocycles. The Balaban J connectivity index is 1.54. The Labute approximate surface area is 148 Å². The molecule has 4 nitrogen and oxygen atoms in total. The van der Waals surface area contributed by atoms with Gasteiger partial charge in [0.15, 0.2) is 11.7 Å². The summed E-state index contributed by atoms with van der Waals surface area (Å²) in [6, 6.07) is 15.4. The summed E-state index contributed by atoms with van der Waals surface area (Å²) in [4.78, 5) is 13.9. The number of para-hydroxylation sites is 1. The molecule has 0 saturated carbocycles. The predicted octanol–water partition coefficient (Wildman–Crippen LogP) is 3.29. The van der Waals surface area contributed by atoms with Gasteiger partial charge in [0.1, 0.15) is 5.75 Å². The molecule has 1 aliphatic rings. The Kier molecular flexibility index (Phi) is 4.93. The Morgan fingerprint density at radius 3 is 2.74 bits per heavy atom. The van der Waals surface area contributed by atoms with Gasteiger partial charge in [-0.05, 0) is 54.5 Å². The van der Waals surface area contributed by atoms with Gasteiger partial charge in [0.05, 0.1) is 0 Å². The number of amides is 1. The average Bonchev–Trinajstić information content (AvgIpc) is 2.98. The van der Waals surface area contributed by atoms with Gasteiger partial charge in [-0.1, -0.05) is 34.1 Å². The lowest BCUT2D eigenvalue weighted by molar-refractivity contribution is -0.121. The standard InChI is InChI=1S/C17H15BrN2O2S/c18-13-5-7-14(8-6-13)22-11-16(21)19-17(23)20-10-9-12-3-1-2-4-15(12)20/h1-8H,9-11H2,(H,19,21,23). The highest BCUT2D eigenvalue weighted by atomic mass is 79.9. The van der Waals surface area contributed by atoms with E-state index >= 15 is 0 Å². The van der Waals surface area contributed by atoms with Crippen molar-refractivity contribution in [1.82, 2.24) is 5.32 Å². The van der Waals surface area contributed by atoms with E-state index in [0.29, 0.717) is 10.9 Å². The van der Waals surface area contributed by atoms with Crippen LogP contribution in [0.3, 0.4) is 0 Å². The third-order valence-corrected chi connectivity index (χ3v) is 4.41. The van der Waals surface area contributed by atoms with E-state index in [1.807, 2.05) is 35.2 Å². The maximum Gasteiger partial charge on any atom is 0.264 e. The summed E-state index contributed by atoms with van der Waals surface area (Å²) in [5, 5.41) is 3.14. The van der Waals surface area contributed by atoms with Crippen molar-refractivity contribution in [1.29, 1.82) is 0 Å². The second-order valence-electron chi connectivity index (χ2n) is 5.13. The van der Waals surface area contributed by atoms with E-state index in [4.69, 9.17) is 17.0 Å². The van der Waals surface area contributed by atoms with Crippen LogP contribution in [0.2, 0.25) is 0 Å². The van der Waals surface area contributed by atoms with E-state index < -0.39 is 0 Å². The number of anilines is 1. The van der Waals surface area contributed by atoms with E-state index in [0.717, 1.165) is 23.1 Å². The summed E-state index contributed by atoms with van der Waals surface area (Å²) in [6.07, 6.45) is 0.932. The molecule has 1 heterocycles. The van der Waals surface area contributed by atoms with Gasteiger partial charge < -0.3 is 9.64 Å². The zero-order valence-corrected chi connectivity index (χ0v) is 14.7. The van der Waals surface area contributed by atoms with Crippen LogP contribution in [0.4, 0.5) is 5.69 Å². The molecule has 2 aromatic rings. The summed E-state index contributed by atoms with van der Waals surface area (Å²) >= 11 is 8.70. The van der Waals surface area contributed by atoms with Gasteiger partial charge in [-0.15, -0.1) is 0 Å². The van der Waals surface area contributed by atoms with E-state index in [-0.39, 0.29) is 12.5 Å². The Bertz CT molecular complexity index is 734. The van der Waals surface area contributed by atoms with Crippen LogP contribution in [0.15, 0.2) is 53.0 Å². The smallest absolute Gasteiger partial charge is 0.264 e. The lowest BCUT2D eigenvalue weighted by Crippen LogP contribution is -2.43. The summed E-state index contributed by atoms with van der Waals surface area (Å²) in [5.41, 5.74) is 2.31. The molecule has 0 saturated heterocycles. The zero-order chi connectivity index (χ0) is 16.2. The van der Waals surface area contributed by atoms with E-state index in [1.54, 1.807) is 12.1 Å². The SMILES string of the molecule is O=C(COc1ccc(Br)cc1)NC(=S)N1CCc2ccccc21. The fourth-order valence-electron chi connectivity index (χ4n) is 2.45. The van der Waals surface area contributed by atoms with Crippen molar-refractivity contribution in [2.75, 3.05) is 18.1 Å². The van der Waals surface area contributed by atoms with Crippen molar-refractivity contribution >= 4 is 44.9 Å². The fourth-order valence-corrected chi connectivity index (χ4v) is 3.02. The highest BCUT2D eigenvalue weighted by Crippen LogP contribution is 2.27. The number of hydrogen-bond acceptors (Lipinski definition) is 3. The molecule has 0 aromatic heterocycles. The van der Waals surface area contributed by atoms with Crippen molar-refractivity contribution in [2.24, 2.45) is 0 Å². The maximum atomic E-state index is 12.0. The number of nitrogens with one attached hydrogen (secondary N) is 1. The molecule has 2 aromatic carbocycles. The number of thiocarbonyl (C=S) groups is 1. The van der Waals surface area contributed by atoms with Gasteiger partial charge in [-0.2, -0.15) is 0 Å². The molecule has 0 spiro atoms. The van der Waals surface area contributed by atoms with Crippen molar-refractivity contribution < 1.29 is 9.53 Å². The molecule has 3 rings (SSSR count). The summed E-state index contributed by atoms with van der Waals surface area (Å²) in [5.74, 6) is 0.378. The number of ether oxygens (including phenoxy) is 1. The van der Waals surface area contributed by atoms with Crippen LogP contribution in [0.1, 0.15) is 5.56 Å². The van der Waals surface area contributed by atoms with E-state index in [9.17, 15) is 4.79 Å². The predicted molar refractivity (Wildman–Crippen MR) is 97.9 cm³/mol. The van der Waals surface area contributed by atoms with Crippen molar-refractivity contribution in [3.63, 3.8) is 0 Å². The first kappa shape index (κ1) is 16.0. The van der Waals surface area contributed by atoms with Crippen molar-refractivity contribution in [3.8, 4) is 5.75 Å². The molecule has 0 aliphatic carbocycles. The molecule has 23 heavy (non-hydrogen) atoms. The van der Waals surface area contributed by atoms with Crippen LogP contribution in [-0.4, -0.2) is 24.2 Å². The zero-order valence-electron chi connectivity index (χ0n) is 12.3. The second-order valence-corrected chi connectivity index (χ2v) is 6.43. The number of rotatable bonds is 3. The molecule has 0 unspecified atom stereocenters. The molecule has 1 amide bonds. The van der Waals surface area contributed by atoms with Crippen LogP contribution in [0.25, 0.3) is 0 Å². The largest absolute Gasteiger partial charge is 0.484 e. The monoisotopic (exact) mass is 390 g/mol. The third kappa shape index (κ3) is 3.89. The second kappa shape index (κ2) is 7.10. The number of carbonyl (C=O) groups excluding carboxylic acids is 1. The topological polar surface area (TPSA) is 41.6 Å². The minimum Gasteiger partial charge on any atom is -0.484 e. The van der Waals surface area contributed by atoms with Gasteiger partial charge in [0.2, 0.25) is 0 Å². The number of fused-ring (bicyclic) bond motifs is 1. The highest BCUT2D eigenvalue weighted by Gasteiger charge is 2.22. The van der Waals surface area contributed by atoms with Gasteiger partial charge >= 0.3 is 0 Å². The average molecular weight is 391 g/mol. The fraction of sp³-hybridized carbons (Fsp3) is 0.176. The molecule has 118 valence electrons. The Morgan fingerprint density at radius 1 is 1.22 bits per heavy atom. The number of carbonyl (C=O) groups is 1. The molecule has 0 atom stereocenters. The number of hydrogen-bond donors (Lipinski definition) is 1. The van der Waals surface area contributed by atoms with Crippen LogP contribution < -0.4 is 15.0 Å². The first-order chi connectivity index (χ1) is 11.1. The quantitative estimate of drug-likeness (QED) is 0.816. The first-order valence-electron chi connectivity index (χ1n) is 7.21. The lowest BCUT2D eigenvalue weighted by atomic mass is 10.2. The van der Waals surface area contributed by atoms with Crippen molar-refractivity contribution in [2.45, 2.75) is 6.42 Å². The van der Waals surface area contributed by atoms with E-state index in [2.05, 4.69) is 27.3 Å². The number of nitrogens with zero attached hydrogens (tertiary/aromatic N) is 1. The Hall–Kier alpha value is -1.92. The summed E-state index contributed by atoms with van der Waals surface area (Å²) in [7, 11) is 0. The highest BCUT2D eigenvalue weighted by molar-refractivity contribution is 9.10. The molecular weight excluding hydrogens is 376 g/mol. The van der Waals surface area contributed by atoms with Gasteiger partial charge in [-0.3, -0.25) is 10.1 Å². The normalized spacial score (nSPS) is 12.7. The van der Waals surface area contributed by atoms with E-state index in [1.165, 1.54) is 5.56 Å². The van der Waals surface area contributed by atoms with Crippen LogP contribution >= 0.6 is 28.1 Å². The molecular formula is C17H15BrN2O2S. The molecule has 0 radical (unpaired) electrons. The van der Waals surface area contributed by atoms with Gasteiger partial charge in [-0.25, -0.2) is 0 Å². The molecule has 0 bridgehead atoms. The Morgan fingerprint density at radius 2 is 1.96 bits per heavy atom. The number of benzene rings is 2. The maximum absolute atomic E-state index is 12.0. The van der Waals surface area contributed by atoms with Gasteiger partial charge in [0.25, 0.3) is 5.91 Å². The molecule has 0 fully saturated rings. The minimum atomic E-state index is -0.262. The molecule has 1 N–H and O–H groups in total. The minimum absolute atomic E-state index is 0.0722. The summed E-state index contributed by atoms with van der Waals surface area (Å²) < 4.78 is 6.41. The third-order valence-electron chi connectivity index (χ3n) is 3.56. The summed E-state index contributed by atoms with van der Waals surface area (Å²) in [6.45, 7) is 0.712. The van der Waals surface area contributed by atoms with Gasteiger partial charge in [0, 0.05) is 16.7 Å².